The molecule has 0 unspecified atom stereocenters. The van der Waals surface area contributed by atoms with Crippen LogP contribution in [0.3, 0.4) is 0 Å². The fourth-order valence-corrected chi connectivity index (χ4v) is 1.61. The molecule has 1 aromatic rings. The summed E-state index contributed by atoms with van der Waals surface area (Å²) in [5.74, 6) is 1.32. The lowest BCUT2D eigenvalue weighted by Gasteiger charge is -2.15. The van der Waals surface area contributed by atoms with Crippen LogP contribution in [0.1, 0.15) is 12.8 Å². The van der Waals surface area contributed by atoms with Gasteiger partial charge in [-0.2, -0.15) is 15.0 Å². The highest BCUT2D eigenvalue weighted by Gasteiger charge is 2.24. The fourth-order valence-electron chi connectivity index (χ4n) is 1.26. The Labute approximate surface area is 92.3 Å². The summed E-state index contributed by atoms with van der Waals surface area (Å²) in [6, 6.07) is 0. The Bertz CT molecular complexity index is 320. The van der Waals surface area contributed by atoms with Crippen LogP contribution in [0.2, 0.25) is 10.6 Å². The predicted octanol–water partition coefficient (Wildman–Crippen LogP) is 2.02. The van der Waals surface area contributed by atoms with E-state index >= 15 is 0 Å². The van der Waals surface area contributed by atoms with E-state index in [-0.39, 0.29) is 10.6 Å². The van der Waals surface area contributed by atoms with Gasteiger partial charge >= 0.3 is 0 Å². The van der Waals surface area contributed by atoms with Crippen molar-refractivity contribution < 1.29 is 0 Å². The van der Waals surface area contributed by atoms with Gasteiger partial charge in [-0.1, -0.05) is 0 Å². The van der Waals surface area contributed by atoms with E-state index in [4.69, 9.17) is 23.2 Å². The van der Waals surface area contributed by atoms with Gasteiger partial charge in [0.25, 0.3) is 0 Å². The standard InChI is InChI=1S/C8H10Cl2N4/c1-14(4-5-2-3-5)8-12-6(9)11-7(10)13-8/h5H,2-4H2,1H3. The quantitative estimate of drug-likeness (QED) is 0.800. The molecule has 1 saturated carbocycles. The third-order valence-corrected chi connectivity index (χ3v) is 2.48. The van der Waals surface area contributed by atoms with Crippen LogP contribution < -0.4 is 4.90 Å². The Morgan fingerprint density at radius 2 is 1.79 bits per heavy atom. The van der Waals surface area contributed by atoms with Crippen molar-refractivity contribution in [2.45, 2.75) is 12.8 Å². The molecule has 0 aromatic carbocycles. The first-order valence-corrected chi connectivity index (χ1v) is 5.19. The molecule has 1 heterocycles. The predicted molar refractivity (Wildman–Crippen MR) is 55.8 cm³/mol. The molecule has 1 fully saturated rings. The molecule has 2 rings (SSSR count). The summed E-state index contributed by atoms with van der Waals surface area (Å²) in [5, 5.41) is 0.283. The van der Waals surface area contributed by atoms with Crippen molar-refractivity contribution in [2.75, 3.05) is 18.5 Å². The zero-order chi connectivity index (χ0) is 10.1. The molecule has 6 heteroatoms. The molecule has 4 nitrogen and oxygen atoms in total. The van der Waals surface area contributed by atoms with Crippen molar-refractivity contribution in [1.82, 2.24) is 15.0 Å². The number of hydrogen-bond donors (Lipinski definition) is 0. The summed E-state index contributed by atoms with van der Waals surface area (Å²) in [5.41, 5.74) is 0. The molecule has 0 bridgehead atoms. The van der Waals surface area contributed by atoms with Crippen LogP contribution in [0, 0.1) is 5.92 Å². The number of aromatic nitrogens is 3. The third kappa shape index (κ3) is 2.45. The summed E-state index contributed by atoms with van der Waals surface area (Å²) < 4.78 is 0. The minimum Gasteiger partial charge on any atom is -0.343 e. The molecule has 0 N–H and O–H groups in total. The number of nitrogens with zero attached hydrogens (tertiary/aromatic N) is 4. The second-order valence-corrected chi connectivity index (χ2v) is 4.17. The molecule has 0 spiro atoms. The van der Waals surface area contributed by atoms with E-state index < -0.39 is 0 Å². The van der Waals surface area contributed by atoms with Gasteiger partial charge in [0.1, 0.15) is 0 Å². The number of anilines is 1. The minimum atomic E-state index is 0.141. The Morgan fingerprint density at radius 3 is 2.29 bits per heavy atom. The summed E-state index contributed by atoms with van der Waals surface area (Å²) in [6.07, 6.45) is 2.58. The van der Waals surface area contributed by atoms with Gasteiger partial charge in [-0.15, -0.1) is 0 Å². The second-order valence-electron chi connectivity index (χ2n) is 3.50. The lowest BCUT2D eigenvalue weighted by Crippen LogP contribution is -2.22. The monoisotopic (exact) mass is 232 g/mol. The molecular weight excluding hydrogens is 223 g/mol. The maximum atomic E-state index is 5.67. The van der Waals surface area contributed by atoms with Gasteiger partial charge in [0.2, 0.25) is 16.5 Å². The number of hydrogen-bond acceptors (Lipinski definition) is 4. The molecule has 0 saturated heterocycles. The highest BCUT2D eigenvalue weighted by atomic mass is 35.5. The van der Waals surface area contributed by atoms with Crippen molar-refractivity contribution in [3.8, 4) is 0 Å². The zero-order valence-electron chi connectivity index (χ0n) is 7.74. The first kappa shape index (κ1) is 9.93. The zero-order valence-corrected chi connectivity index (χ0v) is 9.26. The summed E-state index contributed by atoms with van der Waals surface area (Å²) in [7, 11) is 1.93. The molecule has 0 atom stereocenters. The SMILES string of the molecule is CN(CC1CC1)c1nc(Cl)nc(Cl)n1. The highest BCUT2D eigenvalue weighted by molar-refractivity contribution is 6.31. The highest BCUT2D eigenvalue weighted by Crippen LogP contribution is 2.30. The molecule has 76 valence electrons. The smallest absolute Gasteiger partial charge is 0.230 e. The molecule has 1 aliphatic rings. The van der Waals surface area contributed by atoms with Crippen LogP contribution in [0.5, 0.6) is 0 Å². The van der Waals surface area contributed by atoms with Gasteiger partial charge in [-0.3, -0.25) is 0 Å². The average molecular weight is 233 g/mol. The van der Waals surface area contributed by atoms with Crippen LogP contribution in [0.25, 0.3) is 0 Å². The van der Waals surface area contributed by atoms with Crippen LogP contribution >= 0.6 is 23.2 Å². The maximum Gasteiger partial charge on any atom is 0.230 e. The largest absolute Gasteiger partial charge is 0.343 e. The van der Waals surface area contributed by atoms with E-state index in [0.29, 0.717) is 5.95 Å². The van der Waals surface area contributed by atoms with Crippen molar-refractivity contribution in [2.24, 2.45) is 5.92 Å². The average Bonchev–Trinajstić information content (AvgIpc) is 2.86. The molecule has 1 aliphatic carbocycles. The van der Waals surface area contributed by atoms with Crippen molar-refractivity contribution >= 4 is 29.2 Å². The topological polar surface area (TPSA) is 41.9 Å². The molecule has 0 amide bonds. The second kappa shape index (κ2) is 3.87. The van der Waals surface area contributed by atoms with Gasteiger partial charge in [-0.25, -0.2) is 0 Å². The van der Waals surface area contributed by atoms with E-state index in [1.807, 2.05) is 11.9 Å². The van der Waals surface area contributed by atoms with E-state index in [9.17, 15) is 0 Å². The molecule has 0 radical (unpaired) electrons. The number of halogens is 2. The lowest BCUT2D eigenvalue weighted by atomic mass is 10.4. The van der Waals surface area contributed by atoms with Gasteiger partial charge in [0.15, 0.2) is 0 Å². The van der Waals surface area contributed by atoms with Gasteiger partial charge in [0.05, 0.1) is 0 Å². The van der Waals surface area contributed by atoms with E-state index in [2.05, 4.69) is 15.0 Å². The molecule has 0 aliphatic heterocycles. The Kier molecular flexibility index (Phi) is 2.74. The maximum absolute atomic E-state index is 5.67. The van der Waals surface area contributed by atoms with Crippen LogP contribution in [-0.4, -0.2) is 28.5 Å². The van der Waals surface area contributed by atoms with Crippen LogP contribution in [0.4, 0.5) is 5.95 Å². The van der Waals surface area contributed by atoms with Crippen molar-refractivity contribution in [1.29, 1.82) is 0 Å². The van der Waals surface area contributed by atoms with Gasteiger partial charge < -0.3 is 4.90 Å². The first-order chi connectivity index (χ1) is 6.65. The van der Waals surface area contributed by atoms with Gasteiger partial charge in [-0.05, 0) is 42.0 Å². The minimum absolute atomic E-state index is 0.141. The molecule has 14 heavy (non-hydrogen) atoms. The normalized spacial score (nSPS) is 15.6. The van der Waals surface area contributed by atoms with E-state index in [1.165, 1.54) is 12.8 Å². The first-order valence-electron chi connectivity index (χ1n) is 4.43. The summed E-state index contributed by atoms with van der Waals surface area (Å²) in [6.45, 7) is 0.955. The van der Waals surface area contributed by atoms with Gasteiger partial charge in [0, 0.05) is 13.6 Å². The fraction of sp³-hybridized carbons (Fsp3) is 0.625. The Balaban J connectivity index is 2.12. The van der Waals surface area contributed by atoms with Crippen LogP contribution in [0.15, 0.2) is 0 Å². The Hall–Kier alpha value is -0.610. The van der Waals surface area contributed by atoms with Crippen molar-refractivity contribution in [3.63, 3.8) is 0 Å². The Morgan fingerprint density at radius 1 is 1.21 bits per heavy atom. The molecule has 1 aromatic heterocycles. The summed E-state index contributed by atoms with van der Waals surface area (Å²) >= 11 is 11.3. The molecular formula is C8H10Cl2N4. The third-order valence-electron chi connectivity index (χ3n) is 2.14. The lowest BCUT2D eigenvalue weighted by molar-refractivity contribution is 0.760. The van der Waals surface area contributed by atoms with E-state index in [1.54, 1.807) is 0 Å². The van der Waals surface area contributed by atoms with Crippen LogP contribution in [-0.2, 0) is 0 Å². The number of rotatable bonds is 3. The van der Waals surface area contributed by atoms with E-state index in [0.717, 1.165) is 12.5 Å². The van der Waals surface area contributed by atoms with Crippen molar-refractivity contribution in [3.05, 3.63) is 10.6 Å². The summed E-state index contributed by atoms with van der Waals surface area (Å²) in [4.78, 5) is 13.6.